The minimum absolute atomic E-state index is 0.161. The van der Waals surface area contributed by atoms with Gasteiger partial charge in [-0.05, 0) is 35.1 Å². The number of aryl methyl sites for hydroxylation is 1. The average Bonchev–Trinajstić information content (AvgIpc) is 3.01. The summed E-state index contributed by atoms with van der Waals surface area (Å²) in [5.41, 5.74) is 6.02. The molecule has 1 heterocycles. The maximum atomic E-state index is 13.1. The molecule has 0 fully saturated rings. The number of carbonyl (C=O) groups excluding carboxylic acids is 1. The second kappa shape index (κ2) is 8.19. The fraction of sp³-hybridized carbons (Fsp3) is 0.222. The number of benzene rings is 3. The van der Waals surface area contributed by atoms with E-state index in [1.165, 1.54) is 11.1 Å². The molecule has 3 aromatic carbocycles. The lowest BCUT2D eigenvalue weighted by molar-refractivity contribution is -0.130. The summed E-state index contributed by atoms with van der Waals surface area (Å²) in [5.74, 6) is -0.0518. The summed E-state index contributed by atoms with van der Waals surface area (Å²) >= 11 is 0. The average molecular weight is 398 g/mol. The van der Waals surface area contributed by atoms with Crippen LogP contribution < -0.4 is 0 Å². The van der Waals surface area contributed by atoms with E-state index in [1.807, 2.05) is 61.5 Å². The van der Waals surface area contributed by atoms with Gasteiger partial charge in [-0.2, -0.15) is 0 Å². The zero-order valence-electron chi connectivity index (χ0n) is 17.7. The van der Waals surface area contributed by atoms with Crippen LogP contribution >= 0.6 is 0 Å². The molecule has 1 aliphatic rings. The van der Waals surface area contributed by atoms with Crippen LogP contribution in [0.1, 0.15) is 53.6 Å². The molecule has 152 valence electrons. The highest BCUT2D eigenvalue weighted by molar-refractivity contribution is 6.05. The second-order valence-corrected chi connectivity index (χ2v) is 8.27. The number of aliphatic hydroxyl groups is 1. The Hall–Kier alpha value is -3.33. The molecule has 0 aliphatic carbocycles. The van der Waals surface area contributed by atoms with Crippen molar-refractivity contribution < 1.29 is 9.90 Å². The first-order chi connectivity index (χ1) is 14.5. The summed E-state index contributed by atoms with van der Waals surface area (Å²) in [6, 6.07) is 25.9. The van der Waals surface area contributed by atoms with E-state index < -0.39 is 0 Å². The fourth-order valence-corrected chi connectivity index (χ4v) is 4.03. The van der Waals surface area contributed by atoms with E-state index >= 15 is 0 Å². The summed E-state index contributed by atoms with van der Waals surface area (Å²) in [7, 11) is 0. The normalized spacial score (nSPS) is 16.6. The molecule has 0 saturated heterocycles. The molecular formula is C27H27NO2. The van der Waals surface area contributed by atoms with E-state index in [4.69, 9.17) is 0 Å². The smallest absolute Gasteiger partial charge is 0.290 e. The van der Waals surface area contributed by atoms with Gasteiger partial charge in [0.05, 0.1) is 6.04 Å². The predicted octanol–water partition coefficient (Wildman–Crippen LogP) is 6.17. The monoisotopic (exact) mass is 397 g/mol. The zero-order chi connectivity index (χ0) is 21.3. The van der Waals surface area contributed by atoms with Crippen molar-refractivity contribution in [3.8, 4) is 0 Å². The fourth-order valence-electron chi connectivity index (χ4n) is 4.03. The molecule has 1 atom stereocenters. The predicted molar refractivity (Wildman–Crippen MR) is 121 cm³/mol. The lowest BCUT2D eigenvalue weighted by Gasteiger charge is -2.28. The van der Waals surface area contributed by atoms with Crippen LogP contribution in [0.15, 0.2) is 84.6 Å². The first kappa shape index (κ1) is 20.0. The zero-order valence-corrected chi connectivity index (χ0v) is 17.7. The van der Waals surface area contributed by atoms with Crippen molar-refractivity contribution in [1.82, 2.24) is 4.90 Å². The van der Waals surface area contributed by atoms with Crippen LogP contribution in [-0.4, -0.2) is 15.9 Å². The van der Waals surface area contributed by atoms with E-state index in [-0.39, 0.29) is 17.7 Å². The Kier molecular flexibility index (Phi) is 5.45. The number of aliphatic hydroxyl groups excluding tert-OH is 1. The maximum Gasteiger partial charge on any atom is 0.290 e. The van der Waals surface area contributed by atoms with Crippen molar-refractivity contribution in [3.63, 3.8) is 0 Å². The van der Waals surface area contributed by atoms with Crippen LogP contribution in [0.5, 0.6) is 0 Å². The quantitative estimate of drug-likeness (QED) is 0.559. The van der Waals surface area contributed by atoms with Crippen molar-refractivity contribution in [2.45, 2.75) is 39.3 Å². The van der Waals surface area contributed by atoms with Gasteiger partial charge in [-0.25, -0.2) is 0 Å². The minimum atomic E-state index is -0.331. The lowest BCUT2D eigenvalue weighted by Crippen LogP contribution is -2.29. The number of rotatable bonds is 5. The Balaban J connectivity index is 1.78. The molecular weight excluding hydrogens is 370 g/mol. The summed E-state index contributed by atoms with van der Waals surface area (Å²) in [5, 5.41) is 10.9. The third kappa shape index (κ3) is 3.76. The molecule has 0 saturated carbocycles. The molecule has 1 N–H and O–H groups in total. The van der Waals surface area contributed by atoms with Gasteiger partial charge in [0.15, 0.2) is 5.76 Å². The molecule has 3 nitrogen and oxygen atoms in total. The van der Waals surface area contributed by atoms with E-state index in [2.05, 4.69) is 38.1 Å². The summed E-state index contributed by atoms with van der Waals surface area (Å²) in [4.78, 5) is 14.9. The Labute approximate surface area is 178 Å². The van der Waals surface area contributed by atoms with Crippen LogP contribution in [-0.2, 0) is 11.3 Å². The molecule has 0 aromatic heterocycles. The van der Waals surface area contributed by atoms with Crippen molar-refractivity contribution in [2.75, 3.05) is 0 Å². The van der Waals surface area contributed by atoms with Gasteiger partial charge >= 0.3 is 0 Å². The summed E-state index contributed by atoms with van der Waals surface area (Å²) in [6.07, 6.45) is 0. The standard InChI is InChI=1S/C27H27NO2/c1-18(2)21-13-15-23(16-14-21)25-24(22-7-5-4-6-8-22)26(29)27(30)28(25)17-20-11-9-19(3)10-12-20/h4-16,18,25,29H,17H2,1-3H3/t25-/m0/s1. The lowest BCUT2D eigenvalue weighted by atomic mass is 9.91. The Bertz CT molecular complexity index is 1060. The molecule has 1 aliphatic heterocycles. The molecule has 0 radical (unpaired) electrons. The van der Waals surface area contributed by atoms with Gasteiger partial charge in [-0.1, -0.05) is 98.3 Å². The molecule has 0 spiro atoms. The highest BCUT2D eigenvalue weighted by atomic mass is 16.3. The molecule has 1 amide bonds. The van der Waals surface area contributed by atoms with Crippen LogP contribution in [0, 0.1) is 6.92 Å². The molecule has 0 unspecified atom stereocenters. The minimum Gasteiger partial charge on any atom is -0.503 e. The van der Waals surface area contributed by atoms with E-state index in [0.29, 0.717) is 18.0 Å². The van der Waals surface area contributed by atoms with Crippen LogP contribution in [0.3, 0.4) is 0 Å². The maximum absolute atomic E-state index is 13.1. The summed E-state index contributed by atoms with van der Waals surface area (Å²) < 4.78 is 0. The second-order valence-electron chi connectivity index (χ2n) is 8.27. The van der Waals surface area contributed by atoms with Crippen LogP contribution in [0.4, 0.5) is 0 Å². The van der Waals surface area contributed by atoms with Crippen molar-refractivity contribution in [1.29, 1.82) is 0 Å². The topological polar surface area (TPSA) is 40.5 Å². The van der Waals surface area contributed by atoms with Crippen molar-refractivity contribution in [2.24, 2.45) is 0 Å². The molecule has 3 heteroatoms. The van der Waals surface area contributed by atoms with Gasteiger partial charge in [-0.15, -0.1) is 0 Å². The molecule has 3 aromatic rings. The van der Waals surface area contributed by atoms with E-state index in [9.17, 15) is 9.90 Å². The van der Waals surface area contributed by atoms with Gasteiger partial charge in [0, 0.05) is 12.1 Å². The van der Waals surface area contributed by atoms with E-state index in [1.54, 1.807) is 4.90 Å². The van der Waals surface area contributed by atoms with Crippen molar-refractivity contribution in [3.05, 3.63) is 112 Å². The highest BCUT2D eigenvalue weighted by Crippen LogP contribution is 2.43. The van der Waals surface area contributed by atoms with Gasteiger partial charge in [0.2, 0.25) is 0 Å². The SMILES string of the molecule is Cc1ccc(CN2C(=O)C(O)=C(c3ccccc3)[C@@H]2c2ccc(C(C)C)cc2)cc1. The Morgan fingerprint density at radius 3 is 2.13 bits per heavy atom. The Morgan fingerprint density at radius 2 is 1.53 bits per heavy atom. The van der Waals surface area contributed by atoms with Crippen molar-refractivity contribution >= 4 is 11.5 Å². The molecule has 30 heavy (non-hydrogen) atoms. The third-order valence-corrected chi connectivity index (χ3v) is 5.78. The highest BCUT2D eigenvalue weighted by Gasteiger charge is 2.40. The van der Waals surface area contributed by atoms with E-state index in [0.717, 1.165) is 16.7 Å². The number of hydrogen-bond acceptors (Lipinski definition) is 2. The molecule has 4 rings (SSSR count). The number of hydrogen-bond donors (Lipinski definition) is 1. The van der Waals surface area contributed by atoms with Gasteiger partial charge in [0.25, 0.3) is 5.91 Å². The van der Waals surface area contributed by atoms with Crippen LogP contribution in [0.2, 0.25) is 0 Å². The van der Waals surface area contributed by atoms with Gasteiger partial charge in [0.1, 0.15) is 0 Å². The number of carbonyl (C=O) groups is 1. The first-order valence-electron chi connectivity index (χ1n) is 10.4. The van der Waals surface area contributed by atoms with Gasteiger partial charge < -0.3 is 10.0 Å². The largest absolute Gasteiger partial charge is 0.503 e. The van der Waals surface area contributed by atoms with Crippen LogP contribution in [0.25, 0.3) is 5.57 Å². The van der Waals surface area contributed by atoms with Gasteiger partial charge in [-0.3, -0.25) is 4.79 Å². The third-order valence-electron chi connectivity index (χ3n) is 5.78. The number of nitrogens with zero attached hydrogens (tertiary/aromatic N) is 1. The molecule has 0 bridgehead atoms. The first-order valence-corrected chi connectivity index (χ1v) is 10.4. The number of amides is 1. The Morgan fingerprint density at radius 1 is 0.900 bits per heavy atom. The summed E-state index contributed by atoms with van der Waals surface area (Å²) in [6.45, 7) is 6.82.